The first kappa shape index (κ1) is 11.9. The zero-order chi connectivity index (χ0) is 12.3. The molecular formula is C12H18N4O. The molecule has 3 N–H and O–H groups in total. The summed E-state index contributed by atoms with van der Waals surface area (Å²) in [6, 6.07) is 3.45. The fraction of sp³-hybridized carbons (Fsp3) is 0.500. The normalized spacial score (nSPS) is 21.1. The molecule has 1 aliphatic heterocycles. The highest BCUT2D eigenvalue weighted by atomic mass is 16.1. The molecule has 1 aromatic rings. The molecule has 0 radical (unpaired) electrons. The van der Waals surface area contributed by atoms with Gasteiger partial charge in [0, 0.05) is 6.54 Å². The number of nitrogens with two attached hydrogens (primary N) is 1. The number of likely N-dealkylation sites (tertiary alicyclic amines) is 1. The van der Waals surface area contributed by atoms with Gasteiger partial charge >= 0.3 is 0 Å². The monoisotopic (exact) mass is 234 g/mol. The molecule has 1 fully saturated rings. The van der Waals surface area contributed by atoms with Crippen molar-refractivity contribution in [2.24, 2.45) is 5.92 Å². The Morgan fingerprint density at radius 3 is 3.06 bits per heavy atom. The fourth-order valence-corrected chi connectivity index (χ4v) is 2.10. The maximum Gasteiger partial charge on any atom is 0.228 e. The van der Waals surface area contributed by atoms with Crippen LogP contribution in [0.1, 0.15) is 12.8 Å². The van der Waals surface area contributed by atoms with Crippen LogP contribution in [-0.2, 0) is 4.79 Å². The number of piperidine rings is 1. The van der Waals surface area contributed by atoms with Crippen molar-refractivity contribution in [3.05, 3.63) is 18.3 Å². The molecule has 1 aliphatic rings. The molecular weight excluding hydrogens is 216 g/mol. The van der Waals surface area contributed by atoms with Gasteiger partial charge in [0.05, 0.1) is 17.8 Å². The van der Waals surface area contributed by atoms with Crippen molar-refractivity contribution in [1.82, 2.24) is 9.88 Å². The van der Waals surface area contributed by atoms with Gasteiger partial charge in [-0.05, 0) is 38.6 Å². The highest BCUT2D eigenvalue weighted by molar-refractivity contribution is 5.92. The number of aromatic nitrogens is 1. The largest absolute Gasteiger partial charge is 0.384 e. The minimum atomic E-state index is 0.0723. The van der Waals surface area contributed by atoms with Gasteiger partial charge in [0.15, 0.2) is 0 Å². The second-order valence-corrected chi connectivity index (χ2v) is 4.56. The lowest BCUT2D eigenvalue weighted by atomic mass is 9.97. The van der Waals surface area contributed by atoms with Crippen LogP contribution in [0.2, 0.25) is 0 Å². The SMILES string of the molecule is CN1CCCC(C(=O)Nc2ccc(N)nc2)C1. The van der Waals surface area contributed by atoms with Gasteiger partial charge in [0.1, 0.15) is 5.82 Å². The van der Waals surface area contributed by atoms with Crippen LogP contribution in [0, 0.1) is 5.92 Å². The Balaban J connectivity index is 1.94. The topological polar surface area (TPSA) is 71.2 Å². The molecule has 0 saturated carbocycles. The molecule has 0 aliphatic carbocycles. The minimum absolute atomic E-state index is 0.0723. The number of hydrogen-bond donors (Lipinski definition) is 2. The van der Waals surface area contributed by atoms with Crippen LogP contribution in [0.15, 0.2) is 18.3 Å². The van der Waals surface area contributed by atoms with Crippen LogP contribution in [0.5, 0.6) is 0 Å². The summed E-state index contributed by atoms with van der Waals surface area (Å²) in [6.45, 7) is 1.90. The number of nitrogens with one attached hydrogen (secondary N) is 1. The van der Waals surface area contributed by atoms with E-state index in [1.165, 1.54) is 0 Å². The van der Waals surface area contributed by atoms with E-state index in [1.54, 1.807) is 18.3 Å². The van der Waals surface area contributed by atoms with E-state index in [0.717, 1.165) is 25.9 Å². The van der Waals surface area contributed by atoms with E-state index in [0.29, 0.717) is 11.5 Å². The Kier molecular flexibility index (Phi) is 3.58. The summed E-state index contributed by atoms with van der Waals surface area (Å²) in [5.74, 6) is 0.606. The maximum atomic E-state index is 12.0. The summed E-state index contributed by atoms with van der Waals surface area (Å²) >= 11 is 0. The second kappa shape index (κ2) is 5.14. The van der Waals surface area contributed by atoms with Gasteiger partial charge in [-0.1, -0.05) is 0 Å². The molecule has 1 amide bonds. The predicted octanol–water partition coefficient (Wildman–Crippen LogP) is 0.944. The number of nitrogen functional groups attached to an aromatic ring is 1. The Hall–Kier alpha value is -1.62. The first-order valence-electron chi connectivity index (χ1n) is 5.86. The second-order valence-electron chi connectivity index (χ2n) is 4.56. The lowest BCUT2D eigenvalue weighted by molar-refractivity contribution is -0.121. The van der Waals surface area contributed by atoms with Crippen LogP contribution in [0.4, 0.5) is 11.5 Å². The lowest BCUT2D eigenvalue weighted by Gasteiger charge is -2.28. The number of pyridine rings is 1. The minimum Gasteiger partial charge on any atom is -0.384 e. The standard InChI is InChI=1S/C12H18N4O/c1-16-6-2-3-9(8-16)12(17)15-10-4-5-11(13)14-7-10/h4-5,7,9H,2-3,6,8H2,1H3,(H2,13,14)(H,15,17). The van der Waals surface area contributed by atoms with E-state index >= 15 is 0 Å². The zero-order valence-electron chi connectivity index (χ0n) is 10.0. The van der Waals surface area contributed by atoms with Crippen LogP contribution in [-0.4, -0.2) is 35.9 Å². The molecule has 5 nitrogen and oxygen atoms in total. The van der Waals surface area contributed by atoms with Gasteiger partial charge in [-0.3, -0.25) is 4.79 Å². The van der Waals surface area contributed by atoms with Crippen LogP contribution in [0.25, 0.3) is 0 Å². The Labute approximate surface area is 101 Å². The van der Waals surface area contributed by atoms with Crippen molar-refractivity contribution >= 4 is 17.4 Å². The summed E-state index contributed by atoms with van der Waals surface area (Å²) in [5.41, 5.74) is 6.19. The number of carbonyl (C=O) groups excluding carboxylic acids is 1. The Morgan fingerprint density at radius 1 is 1.59 bits per heavy atom. The Morgan fingerprint density at radius 2 is 2.41 bits per heavy atom. The lowest BCUT2D eigenvalue weighted by Crippen LogP contribution is -2.38. The van der Waals surface area contributed by atoms with Gasteiger partial charge in [-0.25, -0.2) is 4.98 Å². The Bertz CT molecular complexity index is 390. The van der Waals surface area contributed by atoms with Crippen molar-refractivity contribution in [2.75, 3.05) is 31.2 Å². The van der Waals surface area contributed by atoms with E-state index in [-0.39, 0.29) is 11.8 Å². The third kappa shape index (κ3) is 3.17. The van der Waals surface area contributed by atoms with Crippen molar-refractivity contribution in [3.63, 3.8) is 0 Å². The maximum absolute atomic E-state index is 12.0. The van der Waals surface area contributed by atoms with Crippen molar-refractivity contribution in [3.8, 4) is 0 Å². The van der Waals surface area contributed by atoms with Crippen molar-refractivity contribution < 1.29 is 4.79 Å². The summed E-state index contributed by atoms with van der Waals surface area (Å²) < 4.78 is 0. The average molecular weight is 234 g/mol. The van der Waals surface area contributed by atoms with Gasteiger partial charge in [-0.15, -0.1) is 0 Å². The molecule has 0 aromatic carbocycles. The van der Waals surface area contributed by atoms with Crippen molar-refractivity contribution in [1.29, 1.82) is 0 Å². The van der Waals surface area contributed by atoms with Crippen LogP contribution in [0.3, 0.4) is 0 Å². The van der Waals surface area contributed by atoms with E-state index < -0.39 is 0 Å². The van der Waals surface area contributed by atoms with E-state index in [1.807, 2.05) is 7.05 Å². The molecule has 0 bridgehead atoms. The van der Waals surface area contributed by atoms with Gasteiger partial charge in [0.2, 0.25) is 5.91 Å². The molecule has 5 heteroatoms. The number of nitrogens with zero attached hydrogens (tertiary/aromatic N) is 2. The molecule has 2 rings (SSSR count). The number of amides is 1. The highest BCUT2D eigenvalue weighted by Gasteiger charge is 2.23. The van der Waals surface area contributed by atoms with Gasteiger partial charge in [0.25, 0.3) is 0 Å². The molecule has 1 atom stereocenters. The smallest absolute Gasteiger partial charge is 0.228 e. The fourth-order valence-electron chi connectivity index (χ4n) is 2.10. The first-order chi connectivity index (χ1) is 8.15. The number of rotatable bonds is 2. The van der Waals surface area contributed by atoms with Gasteiger partial charge in [-0.2, -0.15) is 0 Å². The summed E-state index contributed by atoms with van der Waals surface area (Å²) in [6.07, 6.45) is 3.62. The van der Waals surface area contributed by atoms with E-state index in [9.17, 15) is 4.79 Å². The number of anilines is 2. The van der Waals surface area contributed by atoms with E-state index in [4.69, 9.17) is 5.73 Å². The molecule has 0 spiro atoms. The molecule has 2 heterocycles. The molecule has 1 unspecified atom stereocenters. The first-order valence-corrected chi connectivity index (χ1v) is 5.86. The molecule has 1 aromatic heterocycles. The highest BCUT2D eigenvalue weighted by Crippen LogP contribution is 2.17. The third-order valence-corrected chi connectivity index (χ3v) is 3.05. The van der Waals surface area contributed by atoms with Crippen LogP contribution < -0.4 is 11.1 Å². The summed E-state index contributed by atoms with van der Waals surface area (Å²) in [7, 11) is 2.05. The molecule has 92 valence electrons. The quantitative estimate of drug-likeness (QED) is 0.799. The average Bonchev–Trinajstić information content (AvgIpc) is 2.32. The number of carbonyl (C=O) groups is 1. The molecule has 1 saturated heterocycles. The van der Waals surface area contributed by atoms with Gasteiger partial charge < -0.3 is 16.0 Å². The zero-order valence-corrected chi connectivity index (χ0v) is 10.0. The third-order valence-electron chi connectivity index (χ3n) is 3.05. The molecule has 17 heavy (non-hydrogen) atoms. The van der Waals surface area contributed by atoms with Crippen molar-refractivity contribution in [2.45, 2.75) is 12.8 Å². The predicted molar refractivity (Wildman–Crippen MR) is 67.5 cm³/mol. The number of hydrogen-bond acceptors (Lipinski definition) is 4. The van der Waals surface area contributed by atoms with Crippen LogP contribution >= 0.6 is 0 Å². The summed E-state index contributed by atoms with van der Waals surface area (Å²) in [5, 5.41) is 2.88. The van der Waals surface area contributed by atoms with E-state index in [2.05, 4.69) is 15.2 Å². The summed E-state index contributed by atoms with van der Waals surface area (Å²) in [4.78, 5) is 18.1.